The van der Waals surface area contributed by atoms with Crippen LogP contribution in [0.3, 0.4) is 0 Å². The molecule has 0 spiro atoms. The SMILES string of the molecule is CC(C)CCn1nc(C(=O)NCc2ccc(Cl)cc2)c2ccccc2c1=O. The summed E-state index contributed by atoms with van der Waals surface area (Å²) in [5, 5.41) is 8.97. The number of halogens is 1. The summed E-state index contributed by atoms with van der Waals surface area (Å²) in [6, 6.07) is 14.4. The molecule has 140 valence electrons. The number of benzene rings is 2. The molecular formula is C21H22ClN3O2. The summed E-state index contributed by atoms with van der Waals surface area (Å²) in [5.41, 5.74) is 1.04. The summed E-state index contributed by atoms with van der Waals surface area (Å²) in [7, 11) is 0. The predicted molar refractivity (Wildman–Crippen MR) is 108 cm³/mol. The number of carbonyl (C=O) groups is 1. The van der Waals surface area contributed by atoms with Crippen molar-refractivity contribution in [1.82, 2.24) is 15.1 Å². The standard InChI is InChI=1S/C21H22ClN3O2/c1-14(2)11-12-25-21(27)18-6-4-3-5-17(18)19(24-25)20(26)23-13-15-7-9-16(22)10-8-15/h3-10,14H,11-13H2,1-2H3,(H,23,26). The molecule has 0 aliphatic heterocycles. The van der Waals surface area contributed by atoms with Crippen LogP contribution in [0.15, 0.2) is 53.3 Å². The number of amides is 1. The monoisotopic (exact) mass is 383 g/mol. The molecule has 1 amide bonds. The second kappa shape index (κ2) is 8.35. The zero-order chi connectivity index (χ0) is 19.4. The van der Waals surface area contributed by atoms with Crippen molar-refractivity contribution in [2.45, 2.75) is 33.4 Å². The first-order chi connectivity index (χ1) is 13.0. The second-order valence-electron chi connectivity index (χ2n) is 6.91. The van der Waals surface area contributed by atoms with Crippen molar-refractivity contribution >= 4 is 28.3 Å². The smallest absolute Gasteiger partial charge is 0.274 e. The Kier molecular flexibility index (Phi) is 5.91. The van der Waals surface area contributed by atoms with Crippen LogP contribution in [0.1, 0.15) is 36.3 Å². The van der Waals surface area contributed by atoms with E-state index in [4.69, 9.17) is 11.6 Å². The van der Waals surface area contributed by atoms with Crippen LogP contribution < -0.4 is 10.9 Å². The number of rotatable bonds is 6. The van der Waals surface area contributed by atoms with Gasteiger partial charge in [-0.05, 0) is 36.1 Å². The van der Waals surface area contributed by atoms with Crippen molar-refractivity contribution < 1.29 is 4.79 Å². The number of aryl methyl sites for hydroxylation is 1. The number of aromatic nitrogens is 2. The van der Waals surface area contributed by atoms with E-state index in [9.17, 15) is 9.59 Å². The largest absolute Gasteiger partial charge is 0.347 e. The number of carbonyl (C=O) groups excluding carboxylic acids is 1. The van der Waals surface area contributed by atoms with Crippen molar-refractivity contribution in [2.75, 3.05) is 0 Å². The summed E-state index contributed by atoms with van der Waals surface area (Å²) in [5.74, 6) is 0.131. The van der Waals surface area contributed by atoms with Gasteiger partial charge in [-0.25, -0.2) is 4.68 Å². The molecule has 0 aliphatic rings. The molecule has 1 N–H and O–H groups in total. The summed E-state index contributed by atoms with van der Waals surface area (Å²) in [4.78, 5) is 25.5. The van der Waals surface area contributed by atoms with Gasteiger partial charge >= 0.3 is 0 Å². The quantitative estimate of drug-likeness (QED) is 0.699. The molecule has 0 fully saturated rings. The molecule has 0 atom stereocenters. The number of nitrogens with zero attached hydrogens (tertiary/aromatic N) is 2. The van der Waals surface area contributed by atoms with E-state index in [2.05, 4.69) is 24.3 Å². The Bertz CT molecular complexity index is 1010. The van der Waals surface area contributed by atoms with Crippen molar-refractivity contribution in [3.8, 4) is 0 Å². The molecule has 3 rings (SSSR count). The van der Waals surface area contributed by atoms with E-state index in [1.807, 2.05) is 12.1 Å². The molecule has 6 heteroatoms. The highest BCUT2D eigenvalue weighted by Crippen LogP contribution is 2.14. The van der Waals surface area contributed by atoms with Gasteiger partial charge in [-0.1, -0.05) is 55.8 Å². The van der Waals surface area contributed by atoms with Crippen molar-refractivity contribution in [3.63, 3.8) is 0 Å². The van der Waals surface area contributed by atoms with Crippen LogP contribution in [-0.2, 0) is 13.1 Å². The first kappa shape index (κ1) is 19.1. The van der Waals surface area contributed by atoms with Gasteiger partial charge in [0.1, 0.15) is 0 Å². The molecular weight excluding hydrogens is 362 g/mol. The molecule has 2 aromatic carbocycles. The first-order valence-electron chi connectivity index (χ1n) is 8.98. The zero-order valence-corrected chi connectivity index (χ0v) is 16.2. The van der Waals surface area contributed by atoms with Crippen molar-refractivity contribution in [2.24, 2.45) is 5.92 Å². The summed E-state index contributed by atoms with van der Waals surface area (Å²) in [6.07, 6.45) is 0.817. The fourth-order valence-electron chi connectivity index (χ4n) is 2.80. The van der Waals surface area contributed by atoms with E-state index in [-0.39, 0.29) is 17.2 Å². The number of hydrogen-bond donors (Lipinski definition) is 1. The predicted octanol–water partition coefficient (Wildman–Crippen LogP) is 4.03. The Labute approximate surface area is 163 Å². The van der Waals surface area contributed by atoms with Gasteiger partial charge in [-0.2, -0.15) is 5.10 Å². The molecule has 0 saturated heterocycles. The summed E-state index contributed by atoms with van der Waals surface area (Å²) < 4.78 is 1.40. The maximum atomic E-state index is 12.8. The average Bonchev–Trinajstić information content (AvgIpc) is 2.67. The average molecular weight is 384 g/mol. The van der Waals surface area contributed by atoms with E-state index < -0.39 is 0 Å². The molecule has 3 aromatic rings. The van der Waals surface area contributed by atoms with E-state index >= 15 is 0 Å². The number of hydrogen-bond acceptors (Lipinski definition) is 3. The lowest BCUT2D eigenvalue weighted by Crippen LogP contribution is -2.30. The van der Waals surface area contributed by atoms with Crippen LogP contribution >= 0.6 is 11.6 Å². The van der Waals surface area contributed by atoms with Gasteiger partial charge in [0.2, 0.25) is 0 Å². The third kappa shape index (κ3) is 4.55. The van der Waals surface area contributed by atoms with E-state index in [0.29, 0.717) is 34.8 Å². The Morgan fingerprint density at radius 1 is 1.11 bits per heavy atom. The Morgan fingerprint density at radius 3 is 2.44 bits per heavy atom. The van der Waals surface area contributed by atoms with Crippen LogP contribution in [-0.4, -0.2) is 15.7 Å². The minimum atomic E-state index is -0.306. The molecule has 0 bridgehead atoms. The van der Waals surface area contributed by atoms with Gasteiger partial charge in [0.05, 0.1) is 5.39 Å². The number of nitrogens with one attached hydrogen (secondary N) is 1. The first-order valence-corrected chi connectivity index (χ1v) is 9.36. The highest BCUT2D eigenvalue weighted by atomic mass is 35.5. The maximum Gasteiger partial charge on any atom is 0.274 e. The van der Waals surface area contributed by atoms with Crippen molar-refractivity contribution in [3.05, 3.63) is 75.2 Å². The fourth-order valence-corrected chi connectivity index (χ4v) is 2.93. The highest BCUT2D eigenvalue weighted by Gasteiger charge is 2.16. The van der Waals surface area contributed by atoms with Crippen LogP contribution in [0.2, 0.25) is 5.02 Å². The molecule has 1 heterocycles. The second-order valence-corrected chi connectivity index (χ2v) is 7.35. The molecule has 5 nitrogen and oxygen atoms in total. The Morgan fingerprint density at radius 2 is 1.78 bits per heavy atom. The number of fused-ring (bicyclic) bond motifs is 1. The molecule has 0 saturated carbocycles. The van der Waals surface area contributed by atoms with Crippen molar-refractivity contribution in [1.29, 1.82) is 0 Å². The maximum absolute atomic E-state index is 12.8. The van der Waals surface area contributed by atoms with Crippen LogP contribution in [0, 0.1) is 5.92 Å². The molecule has 0 aliphatic carbocycles. The molecule has 27 heavy (non-hydrogen) atoms. The minimum absolute atomic E-state index is 0.166. The Hall–Kier alpha value is -2.66. The lowest BCUT2D eigenvalue weighted by Gasteiger charge is -2.12. The molecule has 0 unspecified atom stereocenters. The normalized spacial score (nSPS) is 11.1. The van der Waals surface area contributed by atoms with Gasteiger partial charge < -0.3 is 5.32 Å². The summed E-state index contributed by atoms with van der Waals surface area (Å²) in [6.45, 7) is 5.02. The molecule has 1 aromatic heterocycles. The zero-order valence-electron chi connectivity index (χ0n) is 15.4. The van der Waals surface area contributed by atoms with Crippen LogP contribution in [0.5, 0.6) is 0 Å². The highest BCUT2D eigenvalue weighted by molar-refractivity contribution is 6.30. The van der Waals surface area contributed by atoms with E-state index in [0.717, 1.165) is 12.0 Å². The van der Waals surface area contributed by atoms with Gasteiger partial charge in [-0.15, -0.1) is 0 Å². The Balaban J connectivity index is 1.91. The topological polar surface area (TPSA) is 64.0 Å². The van der Waals surface area contributed by atoms with Gasteiger partial charge in [0.15, 0.2) is 5.69 Å². The minimum Gasteiger partial charge on any atom is -0.347 e. The van der Waals surface area contributed by atoms with Gasteiger partial charge in [0, 0.05) is 23.5 Å². The molecule has 0 radical (unpaired) electrons. The third-order valence-electron chi connectivity index (χ3n) is 4.37. The van der Waals surface area contributed by atoms with E-state index in [1.54, 1.807) is 36.4 Å². The van der Waals surface area contributed by atoms with Crippen LogP contribution in [0.4, 0.5) is 0 Å². The van der Waals surface area contributed by atoms with E-state index in [1.165, 1.54) is 4.68 Å². The summed E-state index contributed by atoms with van der Waals surface area (Å²) >= 11 is 5.89. The van der Waals surface area contributed by atoms with Crippen LogP contribution in [0.25, 0.3) is 10.8 Å². The third-order valence-corrected chi connectivity index (χ3v) is 4.62. The fraction of sp³-hybridized carbons (Fsp3) is 0.286. The lowest BCUT2D eigenvalue weighted by molar-refractivity contribution is 0.0945. The lowest BCUT2D eigenvalue weighted by atomic mass is 10.1. The van der Waals surface area contributed by atoms with Gasteiger partial charge in [-0.3, -0.25) is 9.59 Å². The van der Waals surface area contributed by atoms with Gasteiger partial charge in [0.25, 0.3) is 11.5 Å².